The molecule has 0 amide bonds. The summed E-state index contributed by atoms with van der Waals surface area (Å²) in [5.74, 6) is 1.50. The molecule has 0 bridgehead atoms. The molecule has 0 spiro atoms. The molecule has 1 aliphatic rings. The zero-order valence-corrected chi connectivity index (χ0v) is 12.4. The third kappa shape index (κ3) is 3.88. The van der Waals surface area contributed by atoms with Crippen molar-refractivity contribution in [1.29, 1.82) is 0 Å². The molecule has 0 saturated carbocycles. The molecule has 1 saturated heterocycles. The fraction of sp³-hybridized carbons (Fsp3) is 0.714. The first-order valence-electron chi connectivity index (χ1n) is 6.88. The predicted molar refractivity (Wildman–Crippen MR) is 75.8 cm³/mol. The van der Waals surface area contributed by atoms with Crippen LogP contribution in [-0.4, -0.2) is 49.5 Å². The fourth-order valence-corrected chi connectivity index (χ4v) is 2.36. The Balaban J connectivity index is 2.02. The van der Waals surface area contributed by atoms with Crippen LogP contribution in [0, 0.1) is 6.92 Å². The van der Waals surface area contributed by atoms with E-state index in [0.29, 0.717) is 12.4 Å². The summed E-state index contributed by atoms with van der Waals surface area (Å²) in [5, 5.41) is 3.36. The molecule has 20 heavy (non-hydrogen) atoms. The van der Waals surface area contributed by atoms with Gasteiger partial charge in [-0.15, -0.1) is 0 Å². The minimum absolute atomic E-state index is 0.168. The van der Waals surface area contributed by atoms with Crippen molar-refractivity contribution in [1.82, 2.24) is 9.97 Å². The predicted octanol–water partition coefficient (Wildman–Crippen LogP) is 1.54. The number of aromatic nitrogens is 2. The summed E-state index contributed by atoms with van der Waals surface area (Å²) in [6, 6.07) is 1.93. The van der Waals surface area contributed by atoms with Crippen LogP contribution in [0.3, 0.4) is 0 Å². The molecular weight excluding hydrogens is 258 g/mol. The second-order valence-corrected chi connectivity index (χ2v) is 5.10. The maximum Gasteiger partial charge on any atom is 0.156 e. The van der Waals surface area contributed by atoms with Gasteiger partial charge >= 0.3 is 0 Å². The number of ether oxygens (including phenoxy) is 3. The number of rotatable bonds is 6. The number of anilines is 1. The van der Waals surface area contributed by atoms with E-state index in [4.69, 9.17) is 14.2 Å². The zero-order chi connectivity index (χ0) is 14.4. The smallest absolute Gasteiger partial charge is 0.156 e. The molecule has 6 heteroatoms. The highest BCUT2D eigenvalue weighted by Crippen LogP contribution is 2.24. The monoisotopic (exact) mass is 281 g/mol. The molecule has 0 radical (unpaired) electrons. The van der Waals surface area contributed by atoms with Gasteiger partial charge in [0.15, 0.2) is 5.82 Å². The average molecular weight is 281 g/mol. The van der Waals surface area contributed by atoms with E-state index in [-0.39, 0.29) is 5.60 Å². The summed E-state index contributed by atoms with van der Waals surface area (Å²) < 4.78 is 16.2. The lowest BCUT2D eigenvalue weighted by Crippen LogP contribution is -2.44. The molecule has 0 aliphatic carbocycles. The molecule has 6 nitrogen and oxygen atoms in total. The van der Waals surface area contributed by atoms with Gasteiger partial charge in [-0.05, 0) is 6.92 Å². The van der Waals surface area contributed by atoms with Crippen LogP contribution in [0.4, 0.5) is 5.82 Å². The van der Waals surface area contributed by atoms with Crippen molar-refractivity contribution >= 4 is 5.82 Å². The summed E-state index contributed by atoms with van der Waals surface area (Å²) in [6.07, 6.45) is 1.79. The Kier molecular flexibility index (Phi) is 5.28. The van der Waals surface area contributed by atoms with Crippen molar-refractivity contribution in [3.8, 4) is 0 Å². The molecule has 2 rings (SSSR count). The first-order valence-corrected chi connectivity index (χ1v) is 6.88. The van der Waals surface area contributed by atoms with Crippen molar-refractivity contribution in [2.75, 3.05) is 39.3 Å². The molecule has 1 aromatic rings. The molecule has 1 fully saturated rings. The van der Waals surface area contributed by atoms with Crippen molar-refractivity contribution < 1.29 is 14.2 Å². The number of nitrogens with zero attached hydrogens (tertiary/aromatic N) is 2. The van der Waals surface area contributed by atoms with Gasteiger partial charge in [0.25, 0.3) is 0 Å². The van der Waals surface area contributed by atoms with Crippen molar-refractivity contribution in [3.05, 3.63) is 17.6 Å². The van der Waals surface area contributed by atoms with Gasteiger partial charge in [0.2, 0.25) is 0 Å². The van der Waals surface area contributed by atoms with Crippen molar-refractivity contribution in [2.45, 2.75) is 32.0 Å². The Bertz CT molecular complexity index is 434. The molecule has 1 aliphatic heterocycles. The minimum atomic E-state index is -0.168. The number of methoxy groups -OCH3 is 2. The maximum absolute atomic E-state index is 5.70. The van der Waals surface area contributed by atoms with Gasteiger partial charge in [0, 0.05) is 58.6 Å². The average Bonchev–Trinajstić information content (AvgIpc) is 2.46. The van der Waals surface area contributed by atoms with Gasteiger partial charge in [-0.3, -0.25) is 0 Å². The van der Waals surface area contributed by atoms with E-state index >= 15 is 0 Å². The standard InChI is InChI=1S/C14H23N3O3/c1-11-8-12(17-13(16-11)9-18-2)15-10-14(19-3)4-6-20-7-5-14/h8H,4-7,9-10H2,1-3H3,(H,15,16,17). The first kappa shape index (κ1) is 15.2. The third-order valence-electron chi connectivity index (χ3n) is 3.60. The Morgan fingerprint density at radius 1 is 1.30 bits per heavy atom. The Morgan fingerprint density at radius 2 is 2.05 bits per heavy atom. The van der Waals surface area contributed by atoms with Crippen LogP contribution in [0.2, 0.25) is 0 Å². The van der Waals surface area contributed by atoms with E-state index in [2.05, 4.69) is 15.3 Å². The molecule has 112 valence electrons. The molecule has 0 unspecified atom stereocenters. The lowest BCUT2D eigenvalue weighted by atomic mass is 9.94. The van der Waals surface area contributed by atoms with Gasteiger partial charge in [-0.25, -0.2) is 9.97 Å². The van der Waals surface area contributed by atoms with Gasteiger partial charge in [0.05, 0.1) is 5.60 Å². The maximum atomic E-state index is 5.70. The van der Waals surface area contributed by atoms with Crippen LogP contribution in [0.5, 0.6) is 0 Å². The number of aryl methyl sites for hydroxylation is 1. The molecule has 0 atom stereocenters. The molecule has 1 N–H and O–H groups in total. The topological polar surface area (TPSA) is 65.5 Å². The Hall–Kier alpha value is -1.24. The second kappa shape index (κ2) is 6.97. The molecule has 0 aromatic carbocycles. The highest BCUT2D eigenvalue weighted by Gasteiger charge is 2.32. The minimum Gasteiger partial charge on any atom is -0.381 e. The molecule has 2 heterocycles. The lowest BCUT2D eigenvalue weighted by Gasteiger charge is -2.36. The van der Waals surface area contributed by atoms with Crippen LogP contribution >= 0.6 is 0 Å². The SMILES string of the molecule is COCc1nc(C)cc(NCC2(OC)CCOCC2)n1. The number of hydrogen-bond donors (Lipinski definition) is 1. The van der Waals surface area contributed by atoms with E-state index < -0.39 is 0 Å². The van der Waals surface area contributed by atoms with Crippen LogP contribution in [0.25, 0.3) is 0 Å². The summed E-state index contributed by atoms with van der Waals surface area (Å²) >= 11 is 0. The number of nitrogens with one attached hydrogen (secondary N) is 1. The van der Waals surface area contributed by atoms with Gasteiger partial charge in [-0.2, -0.15) is 0 Å². The van der Waals surface area contributed by atoms with E-state index in [9.17, 15) is 0 Å². The fourth-order valence-electron chi connectivity index (χ4n) is 2.36. The second-order valence-electron chi connectivity index (χ2n) is 5.10. The van der Waals surface area contributed by atoms with Crippen molar-refractivity contribution in [3.63, 3.8) is 0 Å². The summed E-state index contributed by atoms with van der Waals surface area (Å²) in [4.78, 5) is 8.77. The van der Waals surface area contributed by atoms with Crippen LogP contribution in [-0.2, 0) is 20.8 Å². The van der Waals surface area contributed by atoms with E-state index in [1.807, 2.05) is 13.0 Å². The first-order chi connectivity index (χ1) is 9.67. The van der Waals surface area contributed by atoms with Crippen molar-refractivity contribution in [2.24, 2.45) is 0 Å². The van der Waals surface area contributed by atoms with Crippen LogP contribution < -0.4 is 5.32 Å². The van der Waals surface area contributed by atoms with E-state index in [0.717, 1.165) is 44.1 Å². The summed E-state index contributed by atoms with van der Waals surface area (Å²) in [7, 11) is 3.40. The molecular formula is C14H23N3O3. The summed E-state index contributed by atoms with van der Waals surface area (Å²) in [5.41, 5.74) is 0.756. The van der Waals surface area contributed by atoms with E-state index in [1.54, 1.807) is 14.2 Å². The highest BCUT2D eigenvalue weighted by atomic mass is 16.5. The normalized spacial score (nSPS) is 17.9. The van der Waals surface area contributed by atoms with Gasteiger partial charge < -0.3 is 19.5 Å². The third-order valence-corrected chi connectivity index (χ3v) is 3.60. The molecule has 1 aromatic heterocycles. The lowest BCUT2D eigenvalue weighted by molar-refractivity contribution is -0.0807. The van der Waals surface area contributed by atoms with Gasteiger partial charge in [-0.1, -0.05) is 0 Å². The Morgan fingerprint density at radius 3 is 2.70 bits per heavy atom. The summed E-state index contributed by atoms with van der Waals surface area (Å²) in [6.45, 7) is 4.57. The Labute approximate surface area is 119 Å². The largest absolute Gasteiger partial charge is 0.381 e. The van der Waals surface area contributed by atoms with E-state index in [1.165, 1.54) is 0 Å². The highest BCUT2D eigenvalue weighted by molar-refractivity contribution is 5.36. The quantitative estimate of drug-likeness (QED) is 0.853. The van der Waals surface area contributed by atoms with Gasteiger partial charge in [0.1, 0.15) is 12.4 Å². The van der Waals surface area contributed by atoms with Crippen LogP contribution in [0.15, 0.2) is 6.07 Å². The number of hydrogen-bond acceptors (Lipinski definition) is 6. The van der Waals surface area contributed by atoms with Crippen LogP contribution in [0.1, 0.15) is 24.4 Å². The zero-order valence-electron chi connectivity index (χ0n) is 12.4.